The first-order chi connectivity index (χ1) is 19.8. The second-order valence-electron chi connectivity index (χ2n) is 8.63. The number of carbonyl (C=O) groups is 1. The number of anilines is 1. The van der Waals surface area contributed by atoms with Gasteiger partial charge >= 0.3 is 0 Å². The van der Waals surface area contributed by atoms with Crippen molar-refractivity contribution in [3.63, 3.8) is 0 Å². The Kier molecular flexibility index (Phi) is 10.2. The van der Waals surface area contributed by atoms with Crippen molar-refractivity contribution >= 4 is 51.0 Å². The van der Waals surface area contributed by atoms with Crippen molar-refractivity contribution in [3.05, 3.63) is 118 Å². The van der Waals surface area contributed by atoms with E-state index in [0.717, 1.165) is 9.87 Å². The van der Waals surface area contributed by atoms with E-state index in [0.29, 0.717) is 35.3 Å². The first kappa shape index (κ1) is 29.9. The maximum atomic E-state index is 13.5. The number of benzene rings is 4. The molecule has 0 saturated carbocycles. The molecule has 212 valence electrons. The molecule has 4 aromatic carbocycles. The molecule has 0 atom stereocenters. The van der Waals surface area contributed by atoms with Gasteiger partial charge in [0.05, 0.1) is 28.4 Å². The van der Waals surface area contributed by atoms with Gasteiger partial charge in [0.2, 0.25) is 0 Å². The van der Waals surface area contributed by atoms with E-state index in [1.807, 2.05) is 37.3 Å². The third-order valence-electron chi connectivity index (χ3n) is 5.70. The molecular formula is C30H27Cl2N3O5S. The fourth-order valence-electron chi connectivity index (χ4n) is 3.78. The average Bonchev–Trinajstić information content (AvgIpc) is 2.97. The highest BCUT2D eigenvalue weighted by molar-refractivity contribution is 7.92. The van der Waals surface area contributed by atoms with Crippen molar-refractivity contribution in [1.82, 2.24) is 5.43 Å². The van der Waals surface area contributed by atoms with Gasteiger partial charge in [0, 0.05) is 5.02 Å². The molecule has 0 spiro atoms. The molecule has 0 aliphatic carbocycles. The van der Waals surface area contributed by atoms with Crippen LogP contribution in [-0.4, -0.2) is 33.7 Å². The Bertz CT molecular complexity index is 1620. The third-order valence-corrected chi connectivity index (χ3v) is 8.02. The lowest BCUT2D eigenvalue weighted by atomic mass is 10.2. The second-order valence-corrected chi connectivity index (χ2v) is 11.3. The van der Waals surface area contributed by atoms with Gasteiger partial charge in [-0.1, -0.05) is 71.7 Å². The minimum atomic E-state index is -4.14. The van der Waals surface area contributed by atoms with Crippen molar-refractivity contribution in [3.8, 4) is 11.5 Å². The van der Waals surface area contributed by atoms with Gasteiger partial charge in [-0.3, -0.25) is 9.10 Å². The molecule has 41 heavy (non-hydrogen) atoms. The lowest BCUT2D eigenvalue weighted by Crippen LogP contribution is -2.39. The van der Waals surface area contributed by atoms with Crippen molar-refractivity contribution in [2.75, 3.05) is 17.5 Å². The Morgan fingerprint density at radius 2 is 1.61 bits per heavy atom. The lowest BCUT2D eigenvalue weighted by Gasteiger charge is -2.24. The zero-order valence-electron chi connectivity index (χ0n) is 22.0. The number of sulfonamides is 1. The van der Waals surface area contributed by atoms with Crippen LogP contribution in [0.1, 0.15) is 18.1 Å². The Hall–Kier alpha value is -4.05. The van der Waals surface area contributed by atoms with Crippen LogP contribution in [0.15, 0.2) is 107 Å². The minimum absolute atomic E-state index is 0.000319. The number of nitrogens with one attached hydrogen (secondary N) is 1. The molecule has 0 heterocycles. The smallest absolute Gasteiger partial charge is 0.264 e. The molecule has 0 aliphatic rings. The Balaban J connectivity index is 1.48. The molecule has 0 fully saturated rings. The summed E-state index contributed by atoms with van der Waals surface area (Å²) in [6.45, 7) is 2.10. The SMILES string of the molecule is CCOc1cc(/C=N\NC(=O)CN(c2ccc(Cl)cc2Cl)S(=O)(=O)c2ccccc2)ccc1OCc1ccccc1. The highest BCUT2D eigenvalue weighted by Gasteiger charge is 2.28. The molecule has 1 N–H and O–H groups in total. The summed E-state index contributed by atoms with van der Waals surface area (Å²) in [5.74, 6) is 0.411. The lowest BCUT2D eigenvalue weighted by molar-refractivity contribution is -0.119. The van der Waals surface area contributed by atoms with Crippen LogP contribution in [0.4, 0.5) is 5.69 Å². The minimum Gasteiger partial charge on any atom is -0.490 e. The maximum Gasteiger partial charge on any atom is 0.264 e. The number of halogens is 2. The maximum absolute atomic E-state index is 13.5. The quantitative estimate of drug-likeness (QED) is 0.149. The van der Waals surface area contributed by atoms with E-state index in [-0.39, 0.29) is 15.6 Å². The third kappa shape index (κ3) is 8.00. The summed E-state index contributed by atoms with van der Waals surface area (Å²) in [4.78, 5) is 12.9. The van der Waals surface area contributed by atoms with Crippen LogP contribution in [0.3, 0.4) is 0 Å². The largest absolute Gasteiger partial charge is 0.490 e. The van der Waals surface area contributed by atoms with E-state index in [1.165, 1.54) is 36.5 Å². The molecule has 0 aliphatic heterocycles. The molecule has 11 heteroatoms. The first-order valence-electron chi connectivity index (χ1n) is 12.6. The molecule has 4 aromatic rings. The number of ether oxygens (including phenoxy) is 2. The van der Waals surface area contributed by atoms with Gasteiger partial charge in [-0.05, 0) is 66.6 Å². The molecular weight excluding hydrogens is 585 g/mol. The van der Waals surface area contributed by atoms with E-state index in [9.17, 15) is 13.2 Å². The molecule has 0 aromatic heterocycles. The highest BCUT2D eigenvalue weighted by atomic mass is 35.5. The van der Waals surface area contributed by atoms with Crippen LogP contribution in [0.2, 0.25) is 10.0 Å². The monoisotopic (exact) mass is 611 g/mol. The molecule has 0 unspecified atom stereocenters. The molecule has 0 radical (unpaired) electrons. The molecule has 1 amide bonds. The Morgan fingerprint density at radius 1 is 0.902 bits per heavy atom. The number of nitrogens with zero attached hydrogens (tertiary/aromatic N) is 2. The van der Waals surface area contributed by atoms with Gasteiger partial charge < -0.3 is 9.47 Å². The number of hydrogen-bond acceptors (Lipinski definition) is 6. The van der Waals surface area contributed by atoms with E-state index >= 15 is 0 Å². The van der Waals surface area contributed by atoms with Crippen LogP contribution < -0.4 is 19.2 Å². The molecule has 0 bridgehead atoms. The first-order valence-corrected chi connectivity index (χ1v) is 14.8. The second kappa shape index (κ2) is 14.0. The normalized spacial score (nSPS) is 11.3. The van der Waals surface area contributed by atoms with E-state index in [1.54, 1.807) is 36.4 Å². The number of hydrazone groups is 1. The molecule has 0 saturated heterocycles. The van der Waals surface area contributed by atoms with Gasteiger partial charge in [-0.15, -0.1) is 0 Å². The summed E-state index contributed by atoms with van der Waals surface area (Å²) in [6, 6.07) is 27.1. The van der Waals surface area contributed by atoms with Gasteiger partial charge in [-0.2, -0.15) is 5.10 Å². The van der Waals surface area contributed by atoms with Crippen LogP contribution >= 0.6 is 23.2 Å². The van der Waals surface area contributed by atoms with Crippen molar-refractivity contribution < 1.29 is 22.7 Å². The van der Waals surface area contributed by atoms with Crippen LogP contribution in [0.5, 0.6) is 11.5 Å². The number of carbonyl (C=O) groups excluding carboxylic acids is 1. The van der Waals surface area contributed by atoms with Gasteiger partial charge in [0.1, 0.15) is 13.2 Å². The topological polar surface area (TPSA) is 97.3 Å². The average molecular weight is 613 g/mol. The number of amides is 1. The molecule has 4 rings (SSSR count). The Morgan fingerprint density at radius 3 is 2.29 bits per heavy atom. The van der Waals surface area contributed by atoms with Crippen LogP contribution in [-0.2, 0) is 21.4 Å². The summed E-state index contributed by atoms with van der Waals surface area (Å²) in [6.07, 6.45) is 1.42. The van der Waals surface area contributed by atoms with Crippen molar-refractivity contribution in [2.24, 2.45) is 5.10 Å². The van der Waals surface area contributed by atoms with Crippen LogP contribution in [0, 0.1) is 0 Å². The zero-order chi connectivity index (χ0) is 29.2. The van der Waals surface area contributed by atoms with E-state index in [4.69, 9.17) is 32.7 Å². The number of hydrogen-bond donors (Lipinski definition) is 1. The fourth-order valence-corrected chi connectivity index (χ4v) is 5.80. The zero-order valence-corrected chi connectivity index (χ0v) is 24.4. The fraction of sp³-hybridized carbons (Fsp3) is 0.133. The van der Waals surface area contributed by atoms with E-state index < -0.39 is 22.5 Å². The summed E-state index contributed by atoms with van der Waals surface area (Å²) < 4.78 is 39.5. The van der Waals surface area contributed by atoms with Gasteiger partial charge in [0.25, 0.3) is 15.9 Å². The van der Waals surface area contributed by atoms with Gasteiger partial charge in [0.15, 0.2) is 11.5 Å². The van der Waals surface area contributed by atoms with Gasteiger partial charge in [-0.25, -0.2) is 13.8 Å². The van der Waals surface area contributed by atoms with Crippen molar-refractivity contribution in [1.29, 1.82) is 0 Å². The summed E-state index contributed by atoms with van der Waals surface area (Å²) in [5, 5.41) is 4.41. The predicted octanol–water partition coefficient (Wildman–Crippen LogP) is 6.32. The highest BCUT2D eigenvalue weighted by Crippen LogP contribution is 2.33. The summed E-state index contributed by atoms with van der Waals surface area (Å²) >= 11 is 12.3. The van der Waals surface area contributed by atoms with E-state index in [2.05, 4.69) is 10.5 Å². The summed E-state index contributed by atoms with van der Waals surface area (Å²) in [7, 11) is -4.14. The van der Waals surface area contributed by atoms with Crippen molar-refractivity contribution in [2.45, 2.75) is 18.4 Å². The molecule has 8 nitrogen and oxygen atoms in total. The van der Waals surface area contributed by atoms with Crippen LogP contribution in [0.25, 0.3) is 0 Å². The standard InChI is InChI=1S/C30H27Cl2N3O5S/c1-2-39-29-17-23(13-16-28(29)40-21-22-9-5-3-6-10-22)19-33-34-30(36)20-35(27-15-14-24(31)18-26(27)32)41(37,38)25-11-7-4-8-12-25/h3-19H,2,20-21H2,1H3,(H,34,36)/b33-19-. The predicted molar refractivity (Wildman–Crippen MR) is 162 cm³/mol. The Labute approximate surface area is 249 Å². The number of rotatable bonds is 12. The summed E-state index contributed by atoms with van der Waals surface area (Å²) in [5.41, 5.74) is 4.14.